The van der Waals surface area contributed by atoms with Crippen LogP contribution in [0.15, 0.2) is 0 Å². The van der Waals surface area contributed by atoms with Crippen molar-refractivity contribution in [3.8, 4) is 0 Å². The number of nitrogens with one attached hydrogen (secondary N) is 1. The van der Waals surface area contributed by atoms with Gasteiger partial charge in [0, 0.05) is 0 Å². The van der Waals surface area contributed by atoms with Crippen LogP contribution in [-0.2, 0) is 14.4 Å². The van der Waals surface area contributed by atoms with Crippen molar-refractivity contribution in [1.29, 1.82) is 0 Å². The highest BCUT2D eigenvalue weighted by molar-refractivity contribution is 5.76. The van der Waals surface area contributed by atoms with E-state index in [1.54, 1.807) is 20.8 Å². The molecule has 0 spiro atoms. The zero-order chi connectivity index (χ0) is 11.2. The molecule has 0 saturated carbocycles. The monoisotopic (exact) mass is 204 g/mol. The molecule has 0 atom stereocenters. The SMILES string of the molecule is CC(C)(C)OC(N)=O.O=C1CCON1. The molecule has 1 heterocycles. The molecule has 6 nitrogen and oxygen atoms in total. The van der Waals surface area contributed by atoms with Gasteiger partial charge in [-0.15, -0.1) is 0 Å². The van der Waals surface area contributed by atoms with Crippen molar-refractivity contribution in [1.82, 2.24) is 5.48 Å². The van der Waals surface area contributed by atoms with E-state index in [0.717, 1.165) is 0 Å². The Morgan fingerprint density at radius 2 is 2.14 bits per heavy atom. The molecule has 1 rings (SSSR count). The minimum absolute atomic E-state index is 0.0185. The maximum atomic E-state index is 10.0. The molecule has 0 unspecified atom stereocenters. The van der Waals surface area contributed by atoms with E-state index in [1.165, 1.54) is 0 Å². The van der Waals surface area contributed by atoms with E-state index in [1.807, 2.05) is 0 Å². The van der Waals surface area contributed by atoms with Crippen molar-refractivity contribution in [3.63, 3.8) is 0 Å². The van der Waals surface area contributed by atoms with Crippen LogP contribution in [0.3, 0.4) is 0 Å². The van der Waals surface area contributed by atoms with Gasteiger partial charge in [-0.05, 0) is 20.8 Å². The third-order valence-electron chi connectivity index (χ3n) is 1.02. The summed E-state index contributed by atoms with van der Waals surface area (Å²) in [6, 6.07) is 0. The number of carbonyl (C=O) groups is 2. The fourth-order valence-corrected chi connectivity index (χ4v) is 0.628. The van der Waals surface area contributed by atoms with Crippen LogP contribution in [0.2, 0.25) is 0 Å². The molecule has 1 fully saturated rings. The summed E-state index contributed by atoms with van der Waals surface area (Å²) in [4.78, 5) is 24.5. The van der Waals surface area contributed by atoms with Gasteiger partial charge in [0.25, 0.3) is 0 Å². The van der Waals surface area contributed by atoms with Crippen molar-refractivity contribution >= 4 is 12.0 Å². The molecule has 6 heteroatoms. The second kappa shape index (κ2) is 5.43. The molecule has 2 amide bonds. The molecule has 1 aliphatic heterocycles. The Kier molecular flexibility index (Phi) is 4.93. The summed E-state index contributed by atoms with van der Waals surface area (Å²) in [5.41, 5.74) is 6.45. The number of carbonyl (C=O) groups excluding carboxylic acids is 2. The van der Waals surface area contributed by atoms with Gasteiger partial charge in [0.2, 0.25) is 5.91 Å². The molecular weight excluding hydrogens is 188 g/mol. The van der Waals surface area contributed by atoms with Crippen LogP contribution in [-0.4, -0.2) is 24.2 Å². The van der Waals surface area contributed by atoms with E-state index in [-0.39, 0.29) is 5.91 Å². The summed E-state index contributed by atoms with van der Waals surface area (Å²) in [6.07, 6.45) is -0.211. The van der Waals surface area contributed by atoms with Crippen LogP contribution in [0, 0.1) is 0 Å². The number of rotatable bonds is 0. The van der Waals surface area contributed by atoms with E-state index < -0.39 is 11.7 Å². The van der Waals surface area contributed by atoms with Gasteiger partial charge in [-0.2, -0.15) is 0 Å². The lowest BCUT2D eigenvalue weighted by Crippen LogP contribution is -2.27. The smallest absolute Gasteiger partial charge is 0.405 e. The molecule has 1 aliphatic rings. The minimum atomic E-state index is -0.725. The van der Waals surface area contributed by atoms with Crippen molar-refractivity contribution in [2.24, 2.45) is 5.73 Å². The Balaban J connectivity index is 0.000000249. The standard InChI is InChI=1S/C5H11NO2.C3H5NO2/c1-5(2,3)8-4(6)7;5-3-1-2-6-4-3/h1-3H3,(H2,6,7);1-2H2,(H,4,5). The van der Waals surface area contributed by atoms with Crippen LogP contribution < -0.4 is 11.2 Å². The summed E-state index contributed by atoms with van der Waals surface area (Å²) in [5, 5.41) is 0. The lowest BCUT2D eigenvalue weighted by Gasteiger charge is -2.16. The Morgan fingerprint density at radius 3 is 2.21 bits per heavy atom. The maximum Gasteiger partial charge on any atom is 0.405 e. The van der Waals surface area contributed by atoms with E-state index in [0.29, 0.717) is 13.0 Å². The number of ether oxygens (including phenoxy) is 1. The van der Waals surface area contributed by atoms with Gasteiger partial charge in [-0.3, -0.25) is 9.63 Å². The fourth-order valence-electron chi connectivity index (χ4n) is 0.628. The summed E-state index contributed by atoms with van der Waals surface area (Å²) in [7, 11) is 0. The largest absolute Gasteiger partial charge is 0.444 e. The molecule has 0 bridgehead atoms. The fraction of sp³-hybridized carbons (Fsp3) is 0.750. The number of amides is 2. The van der Waals surface area contributed by atoms with Crippen LogP contribution in [0.25, 0.3) is 0 Å². The van der Waals surface area contributed by atoms with Gasteiger partial charge >= 0.3 is 6.09 Å². The molecular formula is C8H16N2O4. The molecule has 0 aromatic carbocycles. The van der Waals surface area contributed by atoms with E-state index >= 15 is 0 Å². The topological polar surface area (TPSA) is 90.7 Å². The Morgan fingerprint density at radius 1 is 1.57 bits per heavy atom. The first-order valence-corrected chi connectivity index (χ1v) is 4.20. The van der Waals surface area contributed by atoms with Gasteiger partial charge in [0.05, 0.1) is 13.0 Å². The van der Waals surface area contributed by atoms with E-state index in [2.05, 4.69) is 15.1 Å². The zero-order valence-corrected chi connectivity index (χ0v) is 8.62. The average Bonchev–Trinajstić information content (AvgIpc) is 2.34. The Labute approximate surface area is 82.7 Å². The van der Waals surface area contributed by atoms with Gasteiger partial charge in [0.1, 0.15) is 5.60 Å². The van der Waals surface area contributed by atoms with Crippen LogP contribution in [0.4, 0.5) is 4.79 Å². The number of nitrogens with two attached hydrogens (primary N) is 1. The maximum absolute atomic E-state index is 10.0. The molecule has 0 aromatic heterocycles. The third-order valence-corrected chi connectivity index (χ3v) is 1.02. The quantitative estimate of drug-likeness (QED) is 0.594. The molecule has 0 radical (unpaired) electrons. The molecule has 1 saturated heterocycles. The second-order valence-corrected chi connectivity index (χ2v) is 3.66. The first kappa shape index (κ1) is 12.7. The first-order valence-electron chi connectivity index (χ1n) is 4.20. The van der Waals surface area contributed by atoms with Gasteiger partial charge in [0.15, 0.2) is 0 Å². The normalized spacial score (nSPS) is 15.2. The highest BCUT2D eigenvalue weighted by Crippen LogP contribution is 2.04. The van der Waals surface area contributed by atoms with Crippen molar-refractivity contribution < 1.29 is 19.2 Å². The Bertz CT molecular complexity index is 202. The van der Waals surface area contributed by atoms with E-state index in [4.69, 9.17) is 5.73 Å². The predicted molar refractivity (Wildman–Crippen MR) is 49.1 cm³/mol. The van der Waals surface area contributed by atoms with Crippen LogP contribution in [0.1, 0.15) is 27.2 Å². The molecule has 0 aromatic rings. The highest BCUT2D eigenvalue weighted by Gasteiger charge is 2.12. The third kappa shape index (κ3) is 8.79. The molecule has 14 heavy (non-hydrogen) atoms. The van der Waals surface area contributed by atoms with Gasteiger partial charge < -0.3 is 10.5 Å². The van der Waals surface area contributed by atoms with Gasteiger partial charge in [-0.1, -0.05) is 0 Å². The lowest BCUT2D eigenvalue weighted by molar-refractivity contribution is -0.124. The molecule has 82 valence electrons. The Hall–Kier alpha value is -1.30. The van der Waals surface area contributed by atoms with E-state index in [9.17, 15) is 9.59 Å². The summed E-state index contributed by atoms with van der Waals surface area (Å²) in [5.74, 6) is -0.0185. The highest BCUT2D eigenvalue weighted by atomic mass is 16.7. The van der Waals surface area contributed by atoms with Crippen molar-refractivity contribution in [2.45, 2.75) is 32.8 Å². The number of primary amides is 1. The lowest BCUT2D eigenvalue weighted by atomic mass is 10.2. The predicted octanol–water partition coefficient (Wildman–Crippen LogP) is 0.318. The number of hydroxylamine groups is 1. The molecule has 0 aliphatic carbocycles. The van der Waals surface area contributed by atoms with Crippen molar-refractivity contribution in [3.05, 3.63) is 0 Å². The second-order valence-electron chi connectivity index (χ2n) is 3.66. The summed E-state index contributed by atoms with van der Waals surface area (Å²) >= 11 is 0. The zero-order valence-electron chi connectivity index (χ0n) is 8.62. The summed E-state index contributed by atoms with van der Waals surface area (Å²) < 4.78 is 4.58. The number of hydrogen-bond donors (Lipinski definition) is 2. The minimum Gasteiger partial charge on any atom is -0.444 e. The average molecular weight is 204 g/mol. The summed E-state index contributed by atoms with van der Waals surface area (Å²) in [6.45, 7) is 5.81. The van der Waals surface area contributed by atoms with Gasteiger partial charge in [-0.25, -0.2) is 10.3 Å². The first-order chi connectivity index (χ1) is 6.31. The molecule has 3 N–H and O–H groups in total. The van der Waals surface area contributed by atoms with Crippen LogP contribution in [0.5, 0.6) is 0 Å². The van der Waals surface area contributed by atoms with Crippen molar-refractivity contribution in [2.75, 3.05) is 6.61 Å². The number of hydrogen-bond acceptors (Lipinski definition) is 4. The van der Waals surface area contributed by atoms with Crippen LogP contribution >= 0.6 is 0 Å².